The average Bonchev–Trinajstić information content (AvgIpc) is 3.32. The maximum Gasteiger partial charge on any atom is 0.270 e. The fourth-order valence-corrected chi connectivity index (χ4v) is 4.65. The summed E-state index contributed by atoms with van der Waals surface area (Å²) in [5.74, 6) is 0.141. The zero-order valence-electron chi connectivity index (χ0n) is 18.9. The van der Waals surface area contributed by atoms with Crippen molar-refractivity contribution in [2.45, 2.75) is 26.3 Å². The zero-order chi connectivity index (χ0) is 23.9. The minimum Gasteiger partial charge on any atom is -0.477 e. The Hall–Kier alpha value is -3.62. The molecule has 1 amide bonds. The van der Waals surface area contributed by atoms with Gasteiger partial charge in [0.25, 0.3) is 5.91 Å². The lowest BCUT2D eigenvalue weighted by atomic mass is 9.97. The van der Waals surface area contributed by atoms with E-state index in [9.17, 15) is 10.1 Å². The van der Waals surface area contributed by atoms with Crippen molar-refractivity contribution in [2.75, 3.05) is 32.0 Å². The van der Waals surface area contributed by atoms with Gasteiger partial charge in [0.2, 0.25) is 5.88 Å². The molecule has 4 heterocycles. The Labute approximate surface area is 201 Å². The van der Waals surface area contributed by atoms with E-state index in [1.807, 2.05) is 24.3 Å². The molecule has 176 valence electrons. The molecule has 1 aliphatic rings. The first kappa shape index (κ1) is 23.5. The van der Waals surface area contributed by atoms with Crippen molar-refractivity contribution >= 4 is 22.9 Å². The maximum atomic E-state index is 12.6. The van der Waals surface area contributed by atoms with Gasteiger partial charge in [-0.2, -0.15) is 5.26 Å². The predicted octanol–water partition coefficient (Wildman–Crippen LogP) is 2.49. The largest absolute Gasteiger partial charge is 0.477 e. The van der Waals surface area contributed by atoms with Gasteiger partial charge in [-0.05, 0) is 57.0 Å². The quantitative estimate of drug-likeness (QED) is 0.499. The second-order valence-electron chi connectivity index (χ2n) is 7.97. The molecule has 1 fully saturated rings. The summed E-state index contributed by atoms with van der Waals surface area (Å²) in [5, 5.41) is 22.6. The Morgan fingerprint density at radius 2 is 2.18 bits per heavy atom. The van der Waals surface area contributed by atoms with Gasteiger partial charge in [0, 0.05) is 12.7 Å². The number of aromatic nitrogens is 4. The molecule has 0 aliphatic carbocycles. The average molecular weight is 479 g/mol. The number of nitrogen functional groups attached to an aromatic ring is 1. The molecule has 3 N–H and O–H groups in total. The summed E-state index contributed by atoms with van der Waals surface area (Å²) in [7, 11) is 0. The van der Waals surface area contributed by atoms with Gasteiger partial charge in [-0.25, -0.2) is 4.98 Å². The second-order valence-corrected chi connectivity index (χ2v) is 9.03. The van der Waals surface area contributed by atoms with Crippen molar-refractivity contribution in [3.63, 3.8) is 0 Å². The van der Waals surface area contributed by atoms with Gasteiger partial charge in [-0.1, -0.05) is 17.4 Å². The number of hydrogen-bond acceptors (Lipinski definition) is 10. The fraction of sp³-hybridized carbons (Fsp3) is 0.391. The normalized spacial score (nSPS) is 14.5. The van der Waals surface area contributed by atoms with Gasteiger partial charge in [0.05, 0.1) is 18.8 Å². The molecular weight excluding hydrogens is 452 g/mol. The third kappa shape index (κ3) is 5.65. The molecule has 0 spiro atoms. The van der Waals surface area contributed by atoms with Gasteiger partial charge < -0.3 is 15.8 Å². The number of ether oxygens (including phenoxy) is 1. The maximum absolute atomic E-state index is 12.6. The topological polar surface area (TPSA) is 143 Å². The van der Waals surface area contributed by atoms with E-state index in [0.29, 0.717) is 19.1 Å². The summed E-state index contributed by atoms with van der Waals surface area (Å²) in [6, 6.07) is 9.14. The number of carbonyl (C=O) groups excluding carboxylic acids is 1. The van der Waals surface area contributed by atoms with Crippen molar-refractivity contribution in [2.24, 2.45) is 5.92 Å². The molecule has 3 aromatic rings. The first-order valence-corrected chi connectivity index (χ1v) is 12.0. The number of hydrogen-bond donors (Lipinski definition) is 2. The monoisotopic (exact) mass is 478 g/mol. The van der Waals surface area contributed by atoms with Crippen LogP contribution in [-0.4, -0.2) is 57.2 Å². The third-order valence-electron chi connectivity index (χ3n) is 5.61. The standard InChI is InChI=1S/C23H26N8O2S/c1-2-33-22-16(12-24)17(25)11-19(28-22)21(32)27-13-15-6-9-31(10-7-15)14-20-29-30-23(34-20)18-5-3-4-8-26-18/h3-5,8,11,15H,2,6-7,9-10,13-14H2,1H3,(H2,25,28)(H,27,32). The molecule has 0 bridgehead atoms. The van der Waals surface area contributed by atoms with Crippen molar-refractivity contribution in [1.29, 1.82) is 5.26 Å². The number of pyridine rings is 2. The number of carbonyl (C=O) groups is 1. The Morgan fingerprint density at radius 3 is 2.88 bits per heavy atom. The highest BCUT2D eigenvalue weighted by atomic mass is 32.1. The number of likely N-dealkylation sites (tertiary alicyclic amines) is 1. The summed E-state index contributed by atoms with van der Waals surface area (Å²) in [6.45, 7) is 5.28. The number of nitrogens with zero attached hydrogens (tertiary/aromatic N) is 6. The Balaban J connectivity index is 1.26. The number of anilines is 1. The first-order chi connectivity index (χ1) is 16.6. The SMILES string of the molecule is CCOc1nc(C(=O)NCC2CCN(Cc3nnc(-c4ccccn4)s3)CC2)cc(N)c1C#N. The summed E-state index contributed by atoms with van der Waals surface area (Å²) in [4.78, 5) is 23.5. The van der Waals surface area contributed by atoms with Crippen LogP contribution in [0, 0.1) is 17.2 Å². The lowest BCUT2D eigenvalue weighted by Crippen LogP contribution is -2.38. The van der Waals surface area contributed by atoms with E-state index in [1.54, 1.807) is 24.5 Å². The summed E-state index contributed by atoms with van der Waals surface area (Å²) >= 11 is 1.57. The molecule has 1 saturated heterocycles. The molecule has 11 heteroatoms. The number of nitrogens with one attached hydrogen (secondary N) is 1. The molecule has 0 unspecified atom stereocenters. The van der Waals surface area contributed by atoms with Gasteiger partial charge in [0.15, 0.2) is 5.01 Å². The van der Waals surface area contributed by atoms with Crippen LogP contribution in [0.2, 0.25) is 0 Å². The smallest absolute Gasteiger partial charge is 0.270 e. The highest BCUT2D eigenvalue weighted by Crippen LogP contribution is 2.25. The first-order valence-electron chi connectivity index (χ1n) is 11.1. The van der Waals surface area contributed by atoms with E-state index in [1.165, 1.54) is 6.07 Å². The van der Waals surface area contributed by atoms with Crippen LogP contribution in [0.3, 0.4) is 0 Å². The molecule has 10 nitrogen and oxygen atoms in total. The van der Waals surface area contributed by atoms with Gasteiger partial charge >= 0.3 is 0 Å². The van der Waals surface area contributed by atoms with Gasteiger partial charge in [0.1, 0.15) is 28.0 Å². The number of rotatable bonds is 8. The van der Waals surface area contributed by atoms with Crippen LogP contribution in [0.4, 0.5) is 5.69 Å². The molecule has 1 aliphatic heterocycles. The number of amides is 1. The molecule has 0 atom stereocenters. The van der Waals surface area contributed by atoms with Crippen LogP contribution >= 0.6 is 11.3 Å². The summed E-state index contributed by atoms with van der Waals surface area (Å²) in [6.07, 6.45) is 3.70. The van der Waals surface area contributed by atoms with Crippen LogP contribution < -0.4 is 15.8 Å². The Morgan fingerprint density at radius 1 is 1.35 bits per heavy atom. The molecule has 0 saturated carbocycles. The Bertz CT molecular complexity index is 1170. The van der Waals surface area contributed by atoms with Crippen LogP contribution in [0.5, 0.6) is 5.88 Å². The number of nitrogens with two attached hydrogens (primary N) is 1. The molecule has 4 rings (SSSR count). The van der Waals surface area contributed by atoms with Gasteiger partial charge in [-0.3, -0.25) is 14.7 Å². The number of nitriles is 1. The lowest BCUT2D eigenvalue weighted by Gasteiger charge is -2.31. The van der Waals surface area contributed by atoms with Crippen molar-refractivity contribution in [3.05, 3.63) is 46.7 Å². The van der Waals surface area contributed by atoms with E-state index < -0.39 is 0 Å². The van der Waals surface area contributed by atoms with E-state index in [-0.39, 0.29) is 28.7 Å². The Kier molecular flexibility index (Phi) is 7.61. The molecule has 0 radical (unpaired) electrons. The second kappa shape index (κ2) is 11.0. The van der Waals surface area contributed by atoms with E-state index in [4.69, 9.17) is 10.5 Å². The molecule has 3 aromatic heterocycles. The zero-order valence-corrected chi connectivity index (χ0v) is 19.7. The van der Waals surface area contributed by atoms with Crippen LogP contribution in [0.1, 0.15) is 40.8 Å². The van der Waals surface area contributed by atoms with Gasteiger partial charge in [-0.15, -0.1) is 10.2 Å². The highest BCUT2D eigenvalue weighted by Gasteiger charge is 2.22. The minimum absolute atomic E-state index is 0.0892. The van der Waals surface area contributed by atoms with Crippen LogP contribution in [0.15, 0.2) is 30.5 Å². The van der Waals surface area contributed by atoms with Crippen molar-refractivity contribution in [3.8, 4) is 22.7 Å². The highest BCUT2D eigenvalue weighted by molar-refractivity contribution is 7.14. The van der Waals surface area contributed by atoms with Crippen LogP contribution in [-0.2, 0) is 6.54 Å². The minimum atomic E-state index is -0.324. The molecule has 34 heavy (non-hydrogen) atoms. The van der Waals surface area contributed by atoms with Crippen molar-refractivity contribution in [1.82, 2.24) is 30.4 Å². The molecular formula is C23H26N8O2S. The van der Waals surface area contributed by atoms with Crippen molar-refractivity contribution < 1.29 is 9.53 Å². The fourth-order valence-electron chi connectivity index (χ4n) is 3.79. The van der Waals surface area contributed by atoms with E-state index >= 15 is 0 Å². The van der Waals surface area contributed by atoms with E-state index in [2.05, 4.69) is 30.4 Å². The van der Waals surface area contributed by atoms with E-state index in [0.717, 1.165) is 48.2 Å². The molecule has 0 aromatic carbocycles. The lowest BCUT2D eigenvalue weighted by molar-refractivity contribution is 0.0929. The number of piperidine rings is 1. The summed E-state index contributed by atoms with van der Waals surface area (Å²) in [5.41, 5.74) is 7.23. The third-order valence-corrected chi connectivity index (χ3v) is 6.54. The summed E-state index contributed by atoms with van der Waals surface area (Å²) < 4.78 is 5.37. The van der Waals surface area contributed by atoms with Crippen LogP contribution in [0.25, 0.3) is 10.7 Å². The predicted molar refractivity (Wildman–Crippen MR) is 128 cm³/mol.